The second kappa shape index (κ2) is 11.9. The lowest BCUT2D eigenvalue weighted by Gasteiger charge is -2.31. The summed E-state index contributed by atoms with van der Waals surface area (Å²) in [5, 5.41) is 3.51. The largest absolute Gasteiger partial charge is 0.330 e. The molecule has 1 unspecified atom stereocenters. The molecule has 2 aromatic carbocycles. The first kappa shape index (κ1) is 25.4. The summed E-state index contributed by atoms with van der Waals surface area (Å²) in [5.74, 6) is 1.09. The van der Waals surface area contributed by atoms with E-state index in [9.17, 15) is 0 Å². The number of pyridine rings is 2. The summed E-state index contributed by atoms with van der Waals surface area (Å²) in [4.78, 5) is 16.9. The Morgan fingerprint density at radius 2 is 1.64 bits per heavy atom. The van der Waals surface area contributed by atoms with Crippen LogP contribution < -0.4 is 5.32 Å². The number of aryl methyl sites for hydroxylation is 2. The Bertz CT molecular complexity index is 1510. The van der Waals surface area contributed by atoms with Crippen molar-refractivity contribution >= 4 is 11.0 Å². The van der Waals surface area contributed by atoms with Gasteiger partial charge in [-0.3, -0.25) is 14.9 Å². The van der Waals surface area contributed by atoms with Crippen LogP contribution in [0.4, 0.5) is 0 Å². The fraction of sp³-hybridized carbons (Fsp3) is 0.303. The molecule has 1 N–H and O–H groups in total. The number of rotatable bonds is 9. The molecule has 198 valence electrons. The van der Waals surface area contributed by atoms with Crippen LogP contribution in [0.3, 0.4) is 0 Å². The Labute approximate surface area is 230 Å². The summed E-state index contributed by atoms with van der Waals surface area (Å²) in [6, 6.07) is 28.1. The SMILES string of the molecule is Cn1c(CN(Cc2ccc(CNCc3ccccn3)cc2)C2CCCCc3cccnc32)nc2ccccc21. The standard InChI is InChI=1S/C33H36N6/c1-38-30-13-5-3-12-29(30)37-32(38)24-39(31-14-4-2-9-27-10-8-20-36-33(27)31)23-26-17-15-25(16-18-26)21-34-22-28-11-6-7-19-35-28/h3,5-8,10-13,15-20,31,34H,2,4,9,14,21-24H2,1H3. The zero-order chi connectivity index (χ0) is 26.4. The highest BCUT2D eigenvalue weighted by molar-refractivity contribution is 5.75. The van der Waals surface area contributed by atoms with Crippen LogP contribution in [-0.4, -0.2) is 24.4 Å². The summed E-state index contributed by atoms with van der Waals surface area (Å²) >= 11 is 0. The third-order valence-electron chi connectivity index (χ3n) is 7.85. The Balaban J connectivity index is 1.23. The van der Waals surface area contributed by atoms with Gasteiger partial charge in [0.05, 0.1) is 35.0 Å². The summed E-state index contributed by atoms with van der Waals surface area (Å²) in [5.41, 5.74) is 8.51. The first-order chi connectivity index (χ1) is 19.2. The molecule has 1 atom stereocenters. The van der Waals surface area contributed by atoms with Gasteiger partial charge in [0.15, 0.2) is 0 Å². The second-order valence-corrected chi connectivity index (χ2v) is 10.5. The van der Waals surface area contributed by atoms with Gasteiger partial charge in [-0.15, -0.1) is 0 Å². The van der Waals surface area contributed by atoms with Crippen molar-refractivity contribution in [2.24, 2.45) is 7.05 Å². The number of hydrogen-bond acceptors (Lipinski definition) is 5. The Morgan fingerprint density at radius 3 is 2.49 bits per heavy atom. The molecule has 3 heterocycles. The molecule has 1 aliphatic carbocycles. The second-order valence-electron chi connectivity index (χ2n) is 10.5. The highest BCUT2D eigenvalue weighted by Gasteiger charge is 2.27. The smallest absolute Gasteiger partial charge is 0.123 e. The summed E-state index contributed by atoms with van der Waals surface area (Å²) in [6.07, 6.45) is 8.45. The van der Waals surface area contributed by atoms with E-state index < -0.39 is 0 Å². The van der Waals surface area contributed by atoms with Gasteiger partial charge in [0.2, 0.25) is 0 Å². The van der Waals surface area contributed by atoms with Crippen molar-refractivity contribution in [3.8, 4) is 0 Å². The molecule has 5 aromatic rings. The number of para-hydroxylation sites is 2. The minimum absolute atomic E-state index is 0.267. The van der Waals surface area contributed by atoms with Crippen molar-refractivity contribution in [3.63, 3.8) is 0 Å². The van der Waals surface area contributed by atoms with E-state index in [1.54, 1.807) is 0 Å². The van der Waals surface area contributed by atoms with Gasteiger partial charge in [-0.2, -0.15) is 0 Å². The van der Waals surface area contributed by atoms with Crippen LogP contribution in [0.5, 0.6) is 0 Å². The van der Waals surface area contributed by atoms with Gasteiger partial charge in [0.1, 0.15) is 5.82 Å². The van der Waals surface area contributed by atoms with E-state index in [0.29, 0.717) is 0 Å². The normalized spacial score (nSPS) is 15.4. The van der Waals surface area contributed by atoms with Gasteiger partial charge < -0.3 is 9.88 Å². The lowest BCUT2D eigenvalue weighted by molar-refractivity contribution is 0.159. The maximum absolute atomic E-state index is 5.03. The van der Waals surface area contributed by atoms with Crippen molar-refractivity contribution in [3.05, 3.63) is 125 Å². The zero-order valence-electron chi connectivity index (χ0n) is 22.6. The van der Waals surface area contributed by atoms with Gasteiger partial charge in [0, 0.05) is 39.1 Å². The molecule has 0 radical (unpaired) electrons. The van der Waals surface area contributed by atoms with E-state index >= 15 is 0 Å². The van der Waals surface area contributed by atoms with Crippen LogP contribution in [0.15, 0.2) is 91.3 Å². The molecular weight excluding hydrogens is 480 g/mol. The number of nitrogens with one attached hydrogen (secondary N) is 1. The number of nitrogens with zero attached hydrogens (tertiary/aromatic N) is 5. The molecule has 39 heavy (non-hydrogen) atoms. The number of imidazole rings is 1. The Morgan fingerprint density at radius 1 is 0.821 bits per heavy atom. The van der Waals surface area contributed by atoms with E-state index in [1.807, 2.05) is 24.5 Å². The third-order valence-corrected chi connectivity index (χ3v) is 7.85. The van der Waals surface area contributed by atoms with Gasteiger partial charge >= 0.3 is 0 Å². The van der Waals surface area contributed by atoms with Crippen LogP contribution in [0.1, 0.15) is 59.2 Å². The van der Waals surface area contributed by atoms with Gasteiger partial charge in [0.25, 0.3) is 0 Å². The fourth-order valence-corrected chi connectivity index (χ4v) is 5.74. The van der Waals surface area contributed by atoms with Gasteiger partial charge in [-0.05, 0) is 66.3 Å². The molecule has 0 saturated carbocycles. The van der Waals surface area contributed by atoms with Crippen LogP contribution in [0, 0.1) is 0 Å². The van der Waals surface area contributed by atoms with Crippen LogP contribution in [0.25, 0.3) is 11.0 Å². The molecule has 0 aliphatic heterocycles. The van der Waals surface area contributed by atoms with Crippen LogP contribution in [0.2, 0.25) is 0 Å². The number of aromatic nitrogens is 4. The van der Waals surface area contributed by atoms with Crippen molar-refractivity contribution in [2.75, 3.05) is 0 Å². The molecular formula is C33H36N6. The number of benzene rings is 2. The molecule has 6 nitrogen and oxygen atoms in total. The first-order valence-electron chi connectivity index (χ1n) is 14.0. The van der Waals surface area contributed by atoms with Crippen LogP contribution in [-0.2, 0) is 39.6 Å². The highest BCUT2D eigenvalue weighted by Crippen LogP contribution is 2.34. The lowest BCUT2D eigenvalue weighted by atomic mass is 10.0. The monoisotopic (exact) mass is 516 g/mol. The van der Waals surface area contributed by atoms with E-state index in [-0.39, 0.29) is 6.04 Å². The van der Waals surface area contributed by atoms with Crippen molar-refractivity contribution in [1.29, 1.82) is 0 Å². The van der Waals surface area contributed by atoms with E-state index in [2.05, 4.69) is 93.5 Å². The Hall–Kier alpha value is -3.87. The highest BCUT2D eigenvalue weighted by atomic mass is 15.2. The lowest BCUT2D eigenvalue weighted by Crippen LogP contribution is -2.30. The molecule has 6 rings (SSSR count). The van der Waals surface area contributed by atoms with Crippen LogP contribution >= 0.6 is 0 Å². The van der Waals surface area contributed by atoms with Crippen molar-refractivity contribution in [2.45, 2.75) is 57.9 Å². The quantitative estimate of drug-likeness (QED) is 0.239. The predicted molar refractivity (Wildman–Crippen MR) is 156 cm³/mol. The average molecular weight is 517 g/mol. The number of fused-ring (bicyclic) bond motifs is 2. The van der Waals surface area contributed by atoms with E-state index in [0.717, 1.165) is 56.1 Å². The minimum atomic E-state index is 0.267. The minimum Gasteiger partial charge on any atom is -0.330 e. The molecule has 6 heteroatoms. The van der Waals surface area contributed by atoms with E-state index in [4.69, 9.17) is 9.97 Å². The average Bonchev–Trinajstić information content (AvgIpc) is 3.14. The molecule has 0 fully saturated rings. The van der Waals surface area contributed by atoms with Gasteiger partial charge in [-0.1, -0.05) is 55.0 Å². The van der Waals surface area contributed by atoms with Crippen molar-refractivity contribution in [1.82, 2.24) is 29.7 Å². The molecule has 0 bridgehead atoms. The van der Waals surface area contributed by atoms with Gasteiger partial charge in [-0.25, -0.2) is 4.98 Å². The predicted octanol–water partition coefficient (Wildman–Crippen LogP) is 6.12. The zero-order valence-corrected chi connectivity index (χ0v) is 22.6. The van der Waals surface area contributed by atoms with E-state index in [1.165, 1.54) is 40.7 Å². The molecule has 0 amide bonds. The fourth-order valence-electron chi connectivity index (χ4n) is 5.74. The summed E-state index contributed by atoms with van der Waals surface area (Å²) in [7, 11) is 2.13. The Kier molecular flexibility index (Phi) is 7.75. The molecule has 3 aromatic heterocycles. The van der Waals surface area contributed by atoms with Crippen molar-refractivity contribution < 1.29 is 0 Å². The molecule has 0 saturated heterocycles. The molecule has 1 aliphatic rings. The summed E-state index contributed by atoms with van der Waals surface area (Å²) < 4.78 is 2.24. The maximum Gasteiger partial charge on any atom is 0.123 e. The topological polar surface area (TPSA) is 58.9 Å². The maximum atomic E-state index is 5.03. The summed E-state index contributed by atoms with van der Waals surface area (Å²) in [6.45, 7) is 3.22. The molecule has 0 spiro atoms. The first-order valence-corrected chi connectivity index (χ1v) is 14.0. The number of hydrogen-bond donors (Lipinski definition) is 1. The third kappa shape index (κ3) is 5.92.